The van der Waals surface area contributed by atoms with E-state index in [4.69, 9.17) is 23.5 Å². The fourth-order valence-electron chi connectivity index (χ4n) is 3.41. The number of methoxy groups -OCH3 is 2. The van der Waals surface area contributed by atoms with Crippen LogP contribution in [0.4, 0.5) is 5.69 Å². The molecule has 1 aliphatic heterocycles. The number of aromatic nitrogens is 2. The third kappa shape index (κ3) is 4.74. The van der Waals surface area contributed by atoms with Crippen LogP contribution >= 0.6 is 0 Å². The van der Waals surface area contributed by atoms with Gasteiger partial charge >= 0.3 is 5.97 Å². The van der Waals surface area contributed by atoms with E-state index in [2.05, 4.69) is 10.1 Å². The van der Waals surface area contributed by atoms with Gasteiger partial charge in [0.1, 0.15) is 17.2 Å². The van der Waals surface area contributed by atoms with E-state index in [1.807, 2.05) is 12.1 Å². The van der Waals surface area contributed by atoms with Gasteiger partial charge in [-0.1, -0.05) is 17.3 Å². The number of carbonyl (C=O) groups excluding carboxylic acids is 2. The van der Waals surface area contributed by atoms with Crippen molar-refractivity contribution in [1.29, 1.82) is 0 Å². The lowest BCUT2D eigenvalue weighted by atomic mass is 10.2. The Morgan fingerprint density at radius 3 is 2.76 bits per heavy atom. The van der Waals surface area contributed by atoms with Crippen LogP contribution in [0, 0.1) is 0 Å². The summed E-state index contributed by atoms with van der Waals surface area (Å²) in [6.07, 6.45) is -0.622. The van der Waals surface area contributed by atoms with Crippen LogP contribution in [0.1, 0.15) is 19.2 Å². The summed E-state index contributed by atoms with van der Waals surface area (Å²) in [4.78, 5) is 30.6. The molecule has 1 aromatic heterocycles. The number of hydrogen-bond acceptors (Lipinski definition) is 9. The van der Waals surface area contributed by atoms with Crippen LogP contribution in [0.3, 0.4) is 0 Å². The van der Waals surface area contributed by atoms with Gasteiger partial charge in [-0.25, -0.2) is 0 Å². The largest absolute Gasteiger partial charge is 0.497 e. The fourth-order valence-corrected chi connectivity index (χ4v) is 3.41. The Bertz CT molecular complexity index is 1160. The van der Waals surface area contributed by atoms with Crippen molar-refractivity contribution in [2.75, 3.05) is 25.7 Å². The molecule has 0 saturated carbocycles. The van der Waals surface area contributed by atoms with Crippen LogP contribution in [-0.4, -0.2) is 48.9 Å². The molecule has 0 aliphatic carbocycles. The first-order valence-electron chi connectivity index (χ1n) is 10.3. The van der Waals surface area contributed by atoms with Gasteiger partial charge in [-0.05, 0) is 31.2 Å². The van der Waals surface area contributed by atoms with Crippen LogP contribution in [0.5, 0.6) is 17.2 Å². The molecule has 33 heavy (non-hydrogen) atoms. The van der Waals surface area contributed by atoms with E-state index in [0.29, 0.717) is 34.3 Å². The van der Waals surface area contributed by atoms with Crippen LogP contribution < -0.4 is 19.1 Å². The first-order chi connectivity index (χ1) is 16.0. The van der Waals surface area contributed by atoms with Gasteiger partial charge in [-0.2, -0.15) is 4.98 Å². The molecular weight excluding hydrogens is 430 g/mol. The van der Waals surface area contributed by atoms with Crippen molar-refractivity contribution in [3.8, 4) is 28.6 Å². The quantitative estimate of drug-likeness (QED) is 0.475. The van der Waals surface area contributed by atoms with Crippen LogP contribution in [0.2, 0.25) is 0 Å². The molecule has 2 aromatic carbocycles. The molecule has 0 spiro atoms. The van der Waals surface area contributed by atoms with Crippen molar-refractivity contribution in [2.45, 2.75) is 26.1 Å². The van der Waals surface area contributed by atoms with Gasteiger partial charge in [-0.15, -0.1) is 0 Å². The molecule has 0 radical (unpaired) electrons. The standard InChI is InChI=1S/C23H23N3O7/c1-14-23(28)26(17-6-4-5-7-18(17)32-14)11-10-21(27)31-13-20-24-22(25-33-20)16-9-8-15(29-2)12-19(16)30-3/h4-9,12,14H,10-11,13H2,1-3H3. The van der Waals surface area contributed by atoms with Gasteiger partial charge in [0.15, 0.2) is 12.7 Å². The zero-order valence-electron chi connectivity index (χ0n) is 18.4. The van der Waals surface area contributed by atoms with Gasteiger partial charge in [0.25, 0.3) is 11.8 Å². The Labute approximate surface area is 190 Å². The van der Waals surface area contributed by atoms with Crippen LogP contribution in [0.25, 0.3) is 11.4 Å². The van der Waals surface area contributed by atoms with Gasteiger partial charge in [0.2, 0.25) is 5.82 Å². The number of para-hydroxylation sites is 2. The lowest BCUT2D eigenvalue weighted by molar-refractivity contribution is -0.145. The van der Waals surface area contributed by atoms with Crippen molar-refractivity contribution in [3.63, 3.8) is 0 Å². The summed E-state index contributed by atoms with van der Waals surface area (Å²) in [5.74, 6) is 1.47. The summed E-state index contributed by atoms with van der Waals surface area (Å²) in [5.41, 5.74) is 1.24. The highest BCUT2D eigenvalue weighted by atomic mass is 16.6. The molecule has 10 nitrogen and oxygen atoms in total. The number of benzene rings is 2. The summed E-state index contributed by atoms with van der Waals surface area (Å²) < 4.78 is 26.6. The number of carbonyl (C=O) groups is 2. The smallest absolute Gasteiger partial charge is 0.308 e. The summed E-state index contributed by atoms with van der Waals surface area (Å²) in [6, 6.07) is 12.4. The maximum Gasteiger partial charge on any atom is 0.308 e. The van der Waals surface area contributed by atoms with E-state index in [9.17, 15) is 9.59 Å². The normalized spacial score (nSPS) is 14.9. The summed E-state index contributed by atoms with van der Waals surface area (Å²) in [5, 5.41) is 3.93. The van der Waals surface area contributed by atoms with E-state index in [0.717, 1.165) is 0 Å². The third-order valence-corrected chi connectivity index (χ3v) is 5.09. The number of esters is 1. The van der Waals surface area contributed by atoms with E-state index in [1.54, 1.807) is 44.4 Å². The highest BCUT2D eigenvalue weighted by Crippen LogP contribution is 2.34. The average Bonchev–Trinajstić information content (AvgIpc) is 3.31. The average molecular weight is 453 g/mol. The van der Waals surface area contributed by atoms with Crippen molar-refractivity contribution in [2.24, 2.45) is 0 Å². The van der Waals surface area contributed by atoms with Gasteiger partial charge < -0.3 is 28.4 Å². The highest BCUT2D eigenvalue weighted by molar-refractivity contribution is 6.00. The summed E-state index contributed by atoms with van der Waals surface area (Å²) >= 11 is 0. The summed E-state index contributed by atoms with van der Waals surface area (Å²) in [6.45, 7) is 1.66. The summed E-state index contributed by atoms with van der Waals surface area (Å²) in [7, 11) is 3.09. The molecule has 0 fully saturated rings. The SMILES string of the molecule is COc1ccc(-c2noc(COC(=O)CCN3C(=O)C(C)Oc4ccccc43)n2)c(OC)c1. The molecule has 172 valence electrons. The van der Waals surface area contributed by atoms with Crippen molar-refractivity contribution >= 4 is 17.6 Å². The minimum atomic E-state index is -0.623. The Morgan fingerprint density at radius 2 is 1.97 bits per heavy atom. The minimum absolute atomic E-state index is 0.0000906. The van der Waals surface area contributed by atoms with Crippen molar-refractivity contribution < 1.29 is 33.1 Å². The van der Waals surface area contributed by atoms with Crippen molar-refractivity contribution in [1.82, 2.24) is 10.1 Å². The predicted molar refractivity (Wildman–Crippen MR) is 116 cm³/mol. The van der Waals surface area contributed by atoms with Gasteiger partial charge in [0, 0.05) is 12.6 Å². The number of fused-ring (bicyclic) bond motifs is 1. The fraction of sp³-hybridized carbons (Fsp3) is 0.304. The second kappa shape index (κ2) is 9.60. The first-order valence-corrected chi connectivity index (χ1v) is 10.3. The Morgan fingerprint density at radius 1 is 1.15 bits per heavy atom. The van der Waals surface area contributed by atoms with E-state index < -0.39 is 12.1 Å². The number of nitrogens with zero attached hydrogens (tertiary/aromatic N) is 3. The zero-order chi connectivity index (χ0) is 23.4. The molecule has 0 saturated heterocycles. The number of anilines is 1. The maximum absolute atomic E-state index is 12.5. The molecular formula is C23H23N3O7. The number of rotatable bonds is 8. The zero-order valence-corrected chi connectivity index (χ0v) is 18.4. The molecule has 1 amide bonds. The van der Waals surface area contributed by atoms with Gasteiger partial charge in [-0.3, -0.25) is 9.59 Å². The number of amides is 1. The van der Waals surface area contributed by atoms with Crippen molar-refractivity contribution in [3.05, 3.63) is 48.4 Å². The molecule has 4 rings (SSSR count). The molecule has 3 aromatic rings. The molecule has 1 atom stereocenters. The maximum atomic E-state index is 12.5. The van der Waals surface area contributed by atoms with Crippen LogP contribution in [-0.2, 0) is 20.9 Å². The number of hydrogen-bond donors (Lipinski definition) is 0. The highest BCUT2D eigenvalue weighted by Gasteiger charge is 2.31. The molecule has 0 bridgehead atoms. The van der Waals surface area contributed by atoms with E-state index >= 15 is 0 Å². The number of ether oxygens (including phenoxy) is 4. The molecule has 1 unspecified atom stereocenters. The monoisotopic (exact) mass is 453 g/mol. The van der Waals surface area contributed by atoms with Gasteiger partial charge in [0.05, 0.1) is 31.9 Å². The van der Waals surface area contributed by atoms with E-state index in [1.165, 1.54) is 12.0 Å². The Kier molecular flexibility index (Phi) is 6.43. The topological polar surface area (TPSA) is 113 Å². The molecule has 0 N–H and O–H groups in total. The second-order valence-electron chi connectivity index (χ2n) is 7.21. The predicted octanol–water partition coefficient (Wildman–Crippen LogP) is 3.00. The Hall–Kier alpha value is -4.08. The first kappa shape index (κ1) is 22.1. The molecule has 10 heteroatoms. The third-order valence-electron chi connectivity index (χ3n) is 5.09. The van der Waals surface area contributed by atoms with E-state index in [-0.39, 0.29) is 31.4 Å². The minimum Gasteiger partial charge on any atom is -0.497 e. The lowest BCUT2D eigenvalue weighted by Gasteiger charge is -2.32. The second-order valence-corrected chi connectivity index (χ2v) is 7.21. The molecule has 1 aliphatic rings. The van der Waals surface area contributed by atoms with Crippen LogP contribution in [0.15, 0.2) is 47.0 Å². The Balaban J connectivity index is 1.35. The molecule has 2 heterocycles. The lowest BCUT2D eigenvalue weighted by Crippen LogP contribution is -2.45.